The Kier molecular flexibility index (Phi) is 5.97. The molecule has 4 aliphatic rings. The van der Waals surface area contributed by atoms with Crippen molar-refractivity contribution in [2.45, 2.75) is 83.8 Å². The van der Waals surface area contributed by atoms with E-state index in [1.54, 1.807) is 17.1 Å². The number of fused-ring (bicyclic) bond motifs is 5. The molecule has 0 saturated heterocycles. The number of ketones is 1. The average molecular weight is 470 g/mol. The second-order valence-corrected chi connectivity index (χ2v) is 13.1. The van der Waals surface area contributed by atoms with Crippen LogP contribution in [0.1, 0.15) is 77.2 Å². The maximum Gasteiger partial charge on any atom is 0.157 e. The molecule has 1 N–H and O–H groups in total. The van der Waals surface area contributed by atoms with Gasteiger partial charge in [0.1, 0.15) is 6.07 Å². The molecule has 0 aromatic carbocycles. The fourth-order valence-corrected chi connectivity index (χ4v) is 10.2. The molecule has 0 spiro atoms. The maximum atomic E-state index is 13.4. The molecule has 0 aliphatic heterocycles. The first kappa shape index (κ1) is 23.4. The molecule has 180 valence electrons. The monoisotopic (exact) mass is 469 g/mol. The third-order valence-electron chi connectivity index (χ3n) is 10.5. The lowest BCUT2D eigenvalue weighted by molar-refractivity contribution is -0.149. The Bertz CT molecular complexity index is 951. The summed E-state index contributed by atoms with van der Waals surface area (Å²) in [5.74, 6) is 4.39. The van der Waals surface area contributed by atoms with Gasteiger partial charge in [0.25, 0.3) is 0 Å². The minimum absolute atomic E-state index is 0.0943. The number of nitrogens with zero attached hydrogens (tertiary/aromatic N) is 3. The van der Waals surface area contributed by atoms with E-state index in [0.717, 1.165) is 37.5 Å². The van der Waals surface area contributed by atoms with Gasteiger partial charge >= 0.3 is 0 Å². The van der Waals surface area contributed by atoms with Crippen molar-refractivity contribution in [1.29, 1.82) is 5.26 Å². The maximum absolute atomic E-state index is 13.4. The summed E-state index contributed by atoms with van der Waals surface area (Å²) in [5.41, 5.74) is 0.486. The normalized spacial score (nSPS) is 44.4. The van der Waals surface area contributed by atoms with E-state index in [9.17, 15) is 9.90 Å². The quantitative estimate of drug-likeness (QED) is 0.651. The Labute approximate surface area is 202 Å². The van der Waals surface area contributed by atoms with Crippen LogP contribution in [0.5, 0.6) is 0 Å². The number of nitriles is 1. The molecule has 4 saturated carbocycles. The van der Waals surface area contributed by atoms with Gasteiger partial charge < -0.3 is 5.11 Å². The molecular weight excluding hydrogens is 430 g/mol. The van der Waals surface area contributed by atoms with Crippen molar-refractivity contribution in [3.63, 3.8) is 0 Å². The van der Waals surface area contributed by atoms with Crippen LogP contribution >= 0.6 is 11.8 Å². The Morgan fingerprint density at radius 2 is 2.03 bits per heavy atom. The molecule has 0 amide bonds. The number of aromatic nitrogens is 2. The van der Waals surface area contributed by atoms with E-state index in [0.29, 0.717) is 28.6 Å². The number of Topliss-reactive ketones (excluding diaryl/α,β-unsaturated/α-hetero) is 1. The zero-order chi connectivity index (χ0) is 23.4. The molecule has 6 heteroatoms. The Morgan fingerprint density at radius 1 is 1.21 bits per heavy atom. The van der Waals surface area contributed by atoms with E-state index >= 15 is 0 Å². The van der Waals surface area contributed by atoms with Crippen LogP contribution < -0.4 is 0 Å². The second kappa shape index (κ2) is 8.41. The smallest absolute Gasteiger partial charge is 0.157 e. The van der Waals surface area contributed by atoms with Crippen molar-refractivity contribution in [3.8, 4) is 6.07 Å². The summed E-state index contributed by atoms with van der Waals surface area (Å²) >= 11 is 2.01. The minimum atomic E-state index is -0.495. The van der Waals surface area contributed by atoms with Crippen molar-refractivity contribution in [1.82, 2.24) is 9.78 Å². The Hall–Kier alpha value is -1.32. The molecule has 1 aromatic heterocycles. The molecule has 8 atom stereocenters. The van der Waals surface area contributed by atoms with Crippen LogP contribution in [0.2, 0.25) is 0 Å². The van der Waals surface area contributed by atoms with Crippen LogP contribution in [0.15, 0.2) is 12.4 Å². The van der Waals surface area contributed by atoms with Crippen LogP contribution in [-0.2, 0) is 11.3 Å². The lowest BCUT2D eigenvalue weighted by Gasteiger charge is -2.62. The van der Waals surface area contributed by atoms with Crippen molar-refractivity contribution < 1.29 is 9.90 Å². The lowest BCUT2D eigenvalue weighted by atomic mass is 9.44. The molecule has 2 unspecified atom stereocenters. The number of hydrogen-bond donors (Lipinski definition) is 1. The van der Waals surface area contributed by atoms with Crippen LogP contribution in [-0.4, -0.2) is 38.3 Å². The summed E-state index contributed by atoms with van der Waals surface area (Å²) in [6.45, 7) is 4.74. The fraction of sp³-hybridized carbons (Fsp3) is 0.815. The van der Waals surface area contributed by atoms with E-state index < -0.39 is 5.60 Å². The highest BCUT2D eigenvalue weighted by Crippen LogP contribution is 2.68. The van der Waals surface area contributed by atoms with Gasteiger partial charge in [0.15, 0.2) is 5.78 Å². The fourth-order valence-electron chi connectivity index (χ4n) is 9.09. The predicted octanol–water partition coefficient (Wildman–Crippen LogP) is 5.08. The van der Waals surface area contributed by atoms with Crippen molar-refractivity contribution in [2.75, 3.05) is 12.0 Å². The number of rotatable bonds is 5. The molecule has 5 rings (SSSR count). The summed E-state index contributed by atoms with van der Waals surface area (Å²) in [6.07, 6.45) is 15.6. The SMILES string of the molecule is CSC[C@]12CC[C@@](C)(O)C[C@H]1CC[C@@H]1C2CC[C@]2(C)C(C(=O)Cn3cc(C#N)cn3)CC[C@@H]12. The van der Waals surface area contributed by atoms with Gasteiger partial charge in [0.2, 0.25) is 0 Å². The Morgan fingerprint density at radius 3 is 2.76 bits per heavy atom. The highest BCUT2D eigenvalue weighted by Gasteiger charge is 2.62. The van der Waals surface area contributed by atoms with Gasteiger partial charge in [-0.3, -0.25) is 9.48 Å². The Balaban J connectivity index is 1.36. The second-order valence-electron chi connectivity index (χ2n) is 12.2. The minimum Gasteiger partial charge on any atom is -0.390 e. The highest BCUT2D eigenvalue weighted by atomic mass is 32.2. The molecule has 5 nitrogen and oxygen atoms in total. The largest absolute Gasteiger partial charge is 0.390 e. The summed E-state index contributed by atoms with van der Waals surface area (Å²) in [7, 11) is 0. The first-order chi connectivity index (χ1) is 15.7. The number of carbonyl (C=O) groups excluding carboxylic acids is 1. The van der Waals surface area contributed by atoms with Gasteiger partial charge in [-0.2, -0.15) is 22.1 Å². The third kappa shape index (κ3) is 3.78. The van der Waals surface area contributed by atoms with Crippen LogP contribution in [0.25, 0.3) is 0 Å². The lowest BCUT2D eigenvalue weighted by Crippen LogP contribution is -2.58. The van der Waals surface area contributed by atoms with E-state index in [1.165, 1.54) is 37.9 Å². The number of hydrogen-bond acceptors (Lipinski definition) is 5. The summed E-state index contributed by atoms with van der Waals surface area (Å²) in [5, 5.41) is 24.1. The van der Waals surface area contributed by atoms with Gasteiger partial charge in [-0.25, -0.2) is 0 Å². The van der Waals surface area contributed by atoms with Crippen molar-refractivity contribution in [3.05, 3.63) is 18.0 Å². The molecule has 4 fully saturated rings. The first-order valence-corrected chi connectivity index (χ1v) is 14.3. The molecular formula is C27H39N3O2S. The molecule has 0 bridgehead atoms. The highest BCUT2D eigenvalue weighted by molar-refractivity contribution is 7.98. The van der Waals surface area contributed by atoms with Crippen LogP contribution in [0.3, 0.4) is 0 Å². The third-order valence-corrected chi connectivity index (χ3v) is 11.4. The average Bonchev–Trinajstić information content (AvgIpc) is 3.37. The van der Waals surface area contributed by atoms with Crippen molar-refractivity contribution >= 4 is 17.5 Å². The van der Waals surface area contributed by atoms with Crippen LogP contribution in [0.4, 0.5) is 0 Å². The predicted molar refractivity (Wildman–Crippen MR) is 130 cm³/mol. The van der Waals surface area contributed by atoms with E-state index in [1.807, 2.05) is 18.7 Å². The van der Waals surface area contributed by atoms with Gasteiger partial charge in [-0.05, 0) is 111 Å². The number of thioether (sulfide) groups is 1. The molecule has 1 aromatic rings. The van der Waals surface area contributed by atoms with E-state index in [-0.39, 0.29) is 17.9 Å². The van der Waals surface area contributed by atoms with Gasteiger partial charge in [0, 0.05) is 12.1 Å². The van der Waals surface area contributed by atoms with Gasteiger partial charge in [-0.1, -0.05) is 6.92 Å². The van der Waals surface area contributed by atoms with Crippen molar-refractivity contribution in [2.24, 2.45) is 40.4 Å². The molecule has 33 heavy (non-hydrogen) atoms. The zero-order valence-electron chi connectivity index (χ0n) is 20.4. The molecule has 0 radical (unpaired) electrons. The molecule has 4 aliphatic carbocycles. The first-order valence-electron chi connectivity index (χ1n) is 12.9. The number of carbonyl (C=O) groups is 1. The van der Waals surface area contributed by atoms with E-state index in [2.05, 4.69) is 24.3 Å². The van der Waals surface area contributed by atoms with Gasteiger partial charge in [0.05, 0.1) is 23.9 Å². The molecule has 1 heterocycles. The number of aliphatic hydroxyl groups is 1. The topological polar surface area (TPSA) is 78.9 Å². The van der Waals surface area contributed by atoms with E-state index in [4.69, 9.17) is 5.26 Å². The summed E-state index contributed by atoms with van der Waals surface area (Å²) < 4.78 is 1.65. The van der Waals surface area contributed by atoms with Crippen LogP contribution in [0, 0.1) is 51.8 Å². The zero-order valence-corrected chi connectivity index (χ0v) is 21.2. The summed E-state index contributed by atoms with van der Waals surface area (Å²) in [4.78, 5) is 13.4. The standard InChI is InChI=1S/C27H39N3O2S/c1-25(32)10-11-27(17-33-3)19(12-25)4-5-20-21-6-7-23(26(21,2)9-8-22(20)27)24(31)16-30-15-18(13-28)14-29-30/h14-15,19-23,32H,4-12,16-17H2,1-3H3/t19-,20+,21+,22?,23?,25-,26+,27-/m1/s1. The van der Waals surface area contributed by atoms with Gasteiger partial charge in [-0.15, -0.1) is 0 Å². The summed E-state index contributed by atoms with van der Waals surface area (Å²) in [6, 6.07) is 2.10.